The highest BCUT2D eigenvalue weighted by atomic mass is 32.1. The quantitative estimate of drug-likeness (QED) is 0.728. The van der Waals surface area contributed by atoms with Crippen molar-refractivity contribution in [1.82, 2.24) is 24.4 Å². The van der Waals surface area contributed by atoms with Crippen molar-refractivity contribution in [3.05, 3.63) is 33.5 Å². The zero-order valence-corrected chi connectivity index (χ0v) is 17.8. The van der Waals surface area contributed by atoms with Crippen LogP contribution in [0.15, 0.2) is 0 Å². The fourth-order valence-corrected chi connectivity index (χ4v) is 5.95. The van der Waals surface area contributed by atoms with Crippen LogP contribution in [-0.4, -0.2) is 31.0 Å². The minimum absolute atomic E-state index is 0.350. The summed E-state index contributed by atoms with van der Waals surface area (Å²) in [5.41, 5.74) is 10.3. The van der Waals surface area contributed by atoms with E-state index in [4.69, 9.17) is 15.7 Å². The average Bonchev–Trinajstić information content (AvgIpc) is 3.33. The normalized spacial score (nSPS) is 20.2. The van der Waals surface area contributed by atoms with Crippen LogP contribution in [0.1, 0.15) is 65.2 Å². The summed E-state index contributed by atoms with van der Waals surface area (Å²) in [5, 5.41) is 1.03. The Morgan fingerprint density at radius 3 is 2.75 bits per heavy atom. The molecule has 6 nitrogen and oxygen atoms in total. The molecule has 1 aliphatic heterocycles. The van der Waals surface area contributed by atoms with Gasteiger partial charge in [-0.05, 0) is 64.5 Å². The SMILES string of the molecule is Cc1sc2nc(CN3CCCC3c3nc4c(n3C)CCCC4)nc(N)c2c1C. The van der Waals surface area contributed by atoms with Gasteiger partial charge in [0.2, 0.25) is 0 Å². The number of nitrogens with zero attached hydrogens (tertiary/aromatic N) is 5. The second-order valence-corrected chi connectivity index (χ2v) is 9.45. The molecule has 2 aliphatic rings. The zero-order valence-electron chi connectivity index (χ0n) is 17.0. The molecule has 0 radical (unpaired) electrons. The summed E-state index contributed by atoms with van der Waals surface area (Å²) in [5.74, 6) is 2.67. The second kappa shape index (κ2) is 6.81. The lowest BCUT2D eigenvalue weighted by molar-refractivity contribution is 0.231. The van der Waals surface area contributed by atoms with E-state index in [0.717, 1.165) is 42.0 Å². The first kappa shape index (κ1) is 18.1. The van der Waals surface area contributed by atoms with E-state index >= 15 is 0 Å². The molecule has 5 rings (SSSR count). The molecule has 1 fully saturated rings. The van der Waals surface area contributed by atoms with E-state index in [1.807, 2.05) is 0 Å². The molecule has 1 unspecified atom stereocenters. The maximum Gasteiger partial charge on any atom is 0.146 e. The number of fused-ring (bicyclic) bond motifs is 2. The van der Waals surface area contributed by atoms with Crippen molar-refractivity contribution in [3.63, 3.8) is 0 Å². The van der Waals surface area contributed by atoms with Crippen LogP contribution in [0.5, 0.6) is 0 Å². The van der Waals surface area contributed by atoms with Crippen LogP contribution in [0.3, 0.4) is 0 Å². The molecule has 3 aromatic rings. The Hall–Kier alpha value is -1.99. The first-order valence-corrected chi connectivity index (χ1v) is 11.1. The van der Waals surface area contributed by atoms with Crippen LogP contribution >= 0.6 is 11.3 Å². The van der Waals surface area contributed by atoms with Crippen molar-refractivity contribution >= 4 is 27.4 Å². The van der Waals surface area contributed by atoms with Crippen LogP contribution in [0.25, 0.3) is 10.2 Å². The molecule has 0 amide bonds. The molecule has 4 heterocycles. The molecule has 148 valence electrons. The number of aryl methyl sites for hydroxylation is 3. The molecule has 2 N–H and O–H groups in total. The third-order valence-electron chi connectivity index (χ3n) is 6.52. The number of anilines is 1. The molecule has 0 bridgehead atoms. The van der Waals surface area contributed by atoms with Crippen molar-refractivity contribution in [1.29, 1.82) is 0 Å². The molecule has 0 aromatic carbocycles. The van der Waals surface area contributed by atoms with E-state index in [0.29, 0.717) is 11.9 Å². The molecule has 3 aromatic heterocycles. The van der Waals surface area contributed by atoms with Crippen molar-refractivity contribution in [2.75, 3.05) is 12.3 Å². The van der Waals surface area contributed by atoms with Gasteiger partial charge in [-0.25, -0.2) is 15.0 Å². The summed E-state index contributed by atoms with van der Waals surface area (Å²) < 4.78 is 2.36. The maximum absolute atomic E-state index is 6.30. The largest absolute Gasteiger partial charge is 0.383 e. The van der Waals surface area contributed by atoms with Gasteiger partial charge in [-0.2, -0.15) is 0 Å². The van der Waals surface area contributed by atoms with Crippen molar-refractivity contribution in [2.45, 2.75) is 65.0 Å². The van der Waals surface area contributed by atoms with Crippen molar-refractivity contribution in [3.8, 4) is 0 Å². The number of rotatable bonds is 3. The molecule has 1 aliphatic carbocycles. The highest BCUT2D eigenvalue weighted by Crippen LogP contribution is 2.36. The van der Waals surface area contributed by atoms with Crippen LogP contribution in [-0.2, 0) is 26.4 Å². The van der Waals surface area contributed by atoms with Crippen LogP contribution in [0.4, 0.5) is 5.82 Å². The maximum atomic E-state index is 6.30. The molecule has 28 heavy (non-hydrogen) atoms. The van der Waals surface area contributed by atoms with Crippen molar-refractivity contribution in [2.24, 2.45) is 7.05 Å². The minimum atomic E-state index is 0.350. The van der Waals surface area contributed by atoms with Gasteiger partial charge in [0.05, 0.1) is 23.7 Å². The van der Waals surface area contributed by atoms with Gasteiger partial charge < -0.3 is 10.3 Å². The predicted molar refractivity (Wildman–Crippen MR) is 114 cm³/mol. The number of nitrogens with two attached hydrogens (primary N) is 1. The minimum Gasteiger partial charge on any atom is -0.383 e. The Morgan fingerprint density at radius 1 is 1.11 bits per heavy atom. The Balaban J connectivity index is 1.45. The number of nitrogen functional groups attached to an aromatic ring is 1. The fourth-order valence-electron chi connectivity index (χ4n) is 4.89. The standard InChI is InChI=1S/C21H28N6S/c1-12-13(2)28-21-18(12)19(22)24-17(25-21)11-27-10-6-9-16(27)20-23-14-7-4-5-8-15(14)26(20)3/h16H,4-11H2,1-3H3,(H2,22,24,25). The average molecular weight is 397 g/mol. The van der Waals surface area contributed by atoms with Gasteiger partial charge in [0, 0.05) is 17.6 Å². The summed E-state index contributed by atoms with van der Waals surface area (Å²) in [7, 11) is 2.20. The topological polar surface area (TPSA) is 72.9 Å². The van der Waals surface area contributed by atoms with Gasteiger partial charge in [-0.15, -0.1) is 11.3 Å². The summed E-state index contributed by atoms with van der Waals surface area (Å²) in [4.78, 5) is 19.4. The molecule has 1 saturated heterocycles. The summed E-state index contributed by atoms with van der Waals surface area (Å²) >= 11 is 1.72. The van der Waals surface area contributed by atoms with E-state index in [-0.39, 0.29) is 0 Å². The molecule has 7 heteroatoms. The monoisotopic (exact) mass is 396 g/mol. The van der Waals surface area contributed by atoms with Gasteiger partial charge in [-0.3, -0.25) is 4.90 Å². The van der Waals surface area contributed by atoms with E-state index in [2.05, 4.69) is 35.3 Å². The van der Waals surface area contributed by atoms with Gasteiger partial charge in [0.25, 0.3) is 0 Å². The first-order valence-electron chi connectivity index (χ1n) is 10.3. The lowest BCUT2D eigenvalue weighted by atomic mass is 10.0. The number of likely N-dealkylation sites (tertiary alicyclic amines) is 1. The first-order chi connectivity index (χ1) is 13.5. The van der Waals surface area contributed by atoms with E-state index in [9.17, 15) is 0 Å². The molecule has 1 atom stereocenters. The Labute approximate surface area is 169 Å². The molecule has 0 spiro atoms. The highest BCUT2D eigenvalue weighted by molar-refractivity contribution is 7.18. The summed E-state index contributed by atoms with van der Waals surface area (Å²) in [6.45, 7) is 6.03. The van der Waals surface area contributed by atoms with Gasteiger partial charge in [0.1, 0.15) is 22.3 Å². The van der Waals surface area contributed by atoms with E-state index in [1.165, 1.54) is 53.3 Å². The number of imidazole rings is 1. The van der Waals surface area contributed by atoms with E-state index in [1.54, 1.807) is 11.3 Å². The molecule has 0 saturated carbocycles. The Bertz CT molecular complexity index is 1050. The third-order valence-corrected chi connectivity index (χ3v) is 7.62. The lowest BCUT2D eigenvalue weighted by Crippen LogP contribution is -2.26. The highest BCUT2D eigenvalue weighted by Gasteiger charge is 2.32. The Morgan fingerprint density at radius 2 is 1.93 bits per heavy atom. The molecular formula is C21H28N6S. The van der Waals surface area contributed by atoms with Gasteiger partial charge in [0.15, 0.2) is 0 Å². The van der Waals surface area contributed by atoms with Crippen LogP contribution < -0.4 is 5.73 Å². The van der Waals surface area contributed by atoms with Gasteiger partial charge in [-0.1, -0.05) is 0 Å². The number of hydrogen-bond donors (Lipinski definition) is 1. The van der Waals surface area contributed by atoms with Crippen molar-refractivity contribution < 1.29 is 0 Å². The summed E-state index contributed by atoms with van der Waals surface area (Å²) in [6, 6.07) is 0.350. The van der Waals surface area contributed by atoms with Crippen LogP contribution in [0, 0.1) is 13.8 Å². The predicted octanol–water partition coefficient (Wildman–Crippen LogP) is 3.84. The molecular weight excluding hydrogens is 368 g/mol. The lowest BCUT2D eigenvalue weighted by Gasteiger charge is -2.23. The van der Waals surface area contributed by atoms with E-state index < -0.39 is 0 Å². The summed E-state index contributed by atoms with van der Waals surface area (Å²) in [6.07, 6.45) is 7.19. The number of thiophene rings is 1. The fraction of sp³-hybridized carbons (Fsp3) is 0.571. The number of hydrogen-bond acceptors (Lipinski definition) is 6. The third kappa shape index (κ3) is 2.83. The second-order valence-electron chi connectivity index (χ2n) is 8.25. The number of aromatic nitrogens is 4. The van der Waals surface area contributed by atoms with Gasteiger partial charge >= 0.3 is 0 Å². The Kier molecular flexibility index (Phi) is 4.39. The smallest absolute Gasteiger partial charge is 0.146 e. The zero-order chi connectivity index (χ0) is 19.4. The van der Waals surface area contributed by atoms with Crippen LogP contribution in [0.2, 0.25) is 0 Å².